The topological polar surface area (TPSA) is 24.4 Å². The van der Waals surface area contributed by atoms with Crippen molar-refractivity contribution in [2.45, 2.75) is 30.7 Å². The molecule has 5 rings (SSSR count). The number of piperidine rings is 1. The van der Waals surface area contributed by atoms with E-state index in [9.17, 15) is 4.39 Å². The first kappa shape index (κ1) is 19.7. The summed E-state index contributed by atoms with van der Waals surface area (Å²) < 4.78 is 14.3. The van der Waals surface area contributed by atoms with E-state index in [4.69, 9.17) is 28.2 Å². The number of aryl methyl sites for hydroxylation is 1. The van der Waals surface area contributed by atoms with Gasteiger partial charge in [0, 0.05) is 28.2 Å². The summed E-state index contributed by atoms with van der Waals surface area (Å²) in [7, 11) is 0. The molecule has 2 aliphatic heterocycles. The Balaban J connectivity index is 1.76. The standard InChI is InChI=1S/C25H21Cl2FN2/c1-15-5-7-19(28)13-20(15)24-25(14-30-23-12-18(27)6-8-22(23)25)21(9-10-29-24)16-3-2-4-17(26)11-16/h2-8,11-14,21,24,29H,9-10H2,1H3/t21-,24+,25-/m0/s1. The van der Waals surface area contributed by atoms with Gasteiger partial charge in [-0.25, -0.2) is 4.39 Å². The highest BCUT2D eigenvalue weighted by Crippen LogP contribution is 2.56. The Labute approximate surface area is 185 Å². The fraction of sp³-hybridized carbons (Fsp3) is 0.240. The Hall–Kier alpha value is -2.20. The van der Waals surface area contributed by atoms with Crippen LogP contribution >= 0.6 is 23.2 Å². The zero-order valence-corrected chi connectivity index (χ0v) is 18.0. The summed E-state index contributed by atoms with van der Waals surface area (Å²) in [6.45, 7) is 2.85. The van der Waals surface area contributed by atoms with Crippen LogP contribution in [-0.2, 0) is 5.41 Å². The maximum atomic E-state index is 14.3. The third-order valence-corrected chi connectivity index (χ3v) is 6.95. The van der Waals surface area contributed by atoms with Crippen LogP contribution in [0.15, 0.2) is 65.7 Å². The first-order valence-electron chi connectivity index (χ1n) is 10.1. The molecule has 0 aliphatic carbocycles. The highest BCUT2D eigenvalue weighted by Gasteiger charge is 2.52. The van der Waals surface area contributed by atoms with Gasteiger partial charge in [-0.2, -0.15) is 0 Å². The SMILES string of the molecule is Cc1ccc(F)cc1[C@H]1NCC[C@@H](c2cccc(Cl)c2)[C@]12C=Nc1cc(Cl)ccc12. The summed E-state index contributed by atoms with van der Waals surface area (Å²) in [5.41, 5.74) is 4.68. The fourth-order valence-corrected chi connectivity index (χ4v) is 5.53. The number of nitrogens with one attached hydrogen (secondary N) is 1. The summed E-state index contributed by atoms with van der Waals surface area (Å²) in [6, 6.07) is 18.8. The molecule has 1 saturated heterocycles. The van der Waals surface area contributed by atoms with E-state index < -0.39 is 5.41 Å². The van der Waals surface area contributed by atoms with Gasteiger partial charge < -0.3 is 5.32 Å². The minimum absolute atomic E-state index is 0.128. The number of nitrogens with zero attached hydrogens (tertiary/aromatic N) is 1. The van der Waals surface area contributed by atoms with E-state index in [1.165, 1.54) is 6.07 Å². The van der Waals surface area contributed by atoms with Crippen LogP contribution in [0, 0.1) is 12.7 Å². The Bertz CT molecular complexity index is 1160. The number of rotatable bonds is 2. The lowest BCUT2D eigenvalue weighted by Gasteiger charge is -2.48. The third-order valence-electron chi connectivity index (χ3n) is 6.48. The lowest BCUT2D eigenvalue weighted by molar-refractivity contribution is 0.269. The van der Waals surface area contributed by atoms with E-state index in [1.807, 2.05) is 49.5 Å². The Kier molecular flexibility index (Phi) is 4.93. The summed E-state index contributed by atoms with van der Waals surface area (Å²) in [5.74, 6) is -0.0972. The normalized spacial score (nSPS) is 24.9. The molecule has 1 spiro atoms. The molecule has 3 aromatic rings. The zero-order valence-electron chi connectivity index (χ0n) is 16.5. The number of hydrogen-bond donors (Lipinski definition) is 1. The largest absolute Gasteiger partial charge is 0.309 e. The monoisotopic (exact) mass is 438 g/mol. The van der Waals surface area contributed by atoms with Gasteiger partial charge in [-0.1, -0.05) is 47.5 Å². The quantitative estimate of drug-likeness (QED) is 0.461. The molecule has 0 radical (unpaired) electrons. The molecule has 1 N–H and O–H groups in total. The lowest BCUT2D eigenvalue weighted by Crippen LogP contribution is -2.51. The molecular formula is C25H21Cl2FN2. The van der Waals surface area contributed by atoms with E-state index in [-0.39, 0.29) is 17.8 Å². The molecule has 2 nitrogen and oxygen atoms in total. The van der Waals surface area contributed by atoms with E-state index in [1.54, 1.807) is 6.07 Å². The van der Waals surface area contributed by atoms with Crippen molar-refractivity contribution >= 4 is 35.1 Å². The number of hydrogen-bond acceptors (Lipinski definition) is 2. The number of aliphatic imine (C=N–C) groups is 1. The maximum Gasteiger partial charge on any atom is 0.123 e. The Morgan fingerprint density at radius 1 is 1.03 bits per heavy atom. The molecule has 3 aromatic carbocycles. The van der Waals surface area contributed by atoms with Crippen LogP contribution in [0.3, 0.4) is 0 Å². The minimum Gasteiger partial charge on any atom is -0.309 e. The van der Waals surface area contributed by atoms with Crippen LogP contribution in [0.4, 0.5) is 10.1 Å². The fourth-order valence-electron chi connectivity index (χ4n) is 5.17. The number of benzene rings is 3. The zero-order chi connectivity index (χ0) is 20.9. The van der Waals surface area contributed by atoms with Crippen LogP contribution in [0.2, 0.25) is 10.0 Å². The predicted octanol–water partition coefficient (Wildman–Crippen LogP) is 6.91. The van der Waals surface area contributed by atoms with E-state index in [0.29, 0.717) is 10.0 Å². The van der Waals surface area contributed by atoms with Crippen LogP contribution in [0.25, 0.3) is 0 Å². The molecule has 0 amide bonds. The van der Waals surface area contributed by atoms with Crippen molar-refractivity contribution in [2.24, 2.45) is 4.99 Å². The summed E-state index contributed by atoms with van der Waals surface area (Å²) >= 11 is 12.6. The summed E-state index contributed by atoms with van der Waals surface area (Å²) in [5, 5.41) is 5.05. The highest BCUT2D eigenvalue weighted by molar-refractivity contribution is 6.31. The molecule has 2 heterocycles. The van der Waals surface area contributed by atoms with Gasteiger partial charge in [0.15, 0.2) is 0 Å². The van der Waals surface area contributed by atoms with Gasteiger partial charge in [0.05, 0.1) is 11.1 Å². The van der Waals surface area contributed by atoms with Crippen molar-refractivity contribution in [2.75, 3.05) is 6.54 Å². The van der Waals surface area contributed by atoms with Crippen molar-refractivity contribution in [1.29, 1.82) is 0 Å². The van der Waals surface area contributed by atoms with E-state index in [0.717, 1.165) is 40.9 Å². The molecule has 0 saturated carbocycles. The second kappa shape index (κ2) is 7.49. The molecule has 5 heteroatoms. The van der Waals surface area contributed by atoms with Crippen molar-refractivity contribution < 1.29 is 4.39 Å². The molecule has 3 atom stereocenters. The van der Waals surface area contributed by atoms with Crippen molar-refractivity contribution in [3.05, 3.63) is 98.8 Å². The number of fused-ring (bicyclic) bond motifs is 2. The molecule has 2 aliphatic rings. The summed E-state index contributed by atoms with van der Waals surface area (Å²) in [4.78, 5) is 4.79. The van der Waals surface area contributed by atoms with Gasteiger partial charge in [0.2, 0.25) is 0 Å². The van der Waals surface area contributed by atoms with Crippen molar-refractivity contribution in [1.82, 2.24) is 5.32 Å². The first-order valence-corrected chi connectivity index (χ1v) is 10.8. The second-order valence-corrected chi connectivity index (χ2v) is 9.01. The molecular weight excluding hydrogens is 418 g/mol. The van der Waals surface area contributed by atoms with Gasteiger partial charge in [-0.15, -0.1) is 0 Å². The highest BCUT2D eigenvalue weighted by atomic mass is 35.5. The third kappa shape index (κ3) is 3.08. The van der Waals surface area contributed by atoms with Crippen LogP contribution in [0.5, 0.6) is 0 Å². The smallest absolute Gasteiger partial charge is 0.123 e. The Morgan fingerprint density at radius 3 is 2.70 bits per heavy atom. The average molecular weight is 439 g/mol. The van der Waals surface area contributed by atoms with Gasteiger partial charge in [-0.05, 0) is 78.5 Å². The van der Waals surface area contributed by atoms with Gasteiger partial charge in [0.1, 0.15) is 5.82 Å². The molecule has 30 heavy (non-hydrogen) atoms. The number of halogens is 3. The second-order valence-electron chi connectivity index (χ2n) is 8.14. The predicted molar refractivity (Wildman–Crippen MR) is 122 cm³/mol. The molecule has 1 fully saturated rings. The molecule has 0 unspecified atom stereocenters. The van der Waals surface area contributed by atoms with Crippen LogP contribution in [-0.4, -0.2) is 12.8 Å². The minimum atomic E-state index is -0.471. The van der Waals surface area contributed by atoms with Crippen LogP contribution in [0.1, 0.15) is 40.6 Å². The Morgan fingerprint density at radius 2 is 1.87 bits per heavy atom. The summed E-state index contributed by atoms with van der Waals surface area (Å²) in [6.07, 6.45) is 2.96. The van der Waals surface area contributed by atoms with Crippen molar-refractivity contribution in [3.8, 4) is 0 Å². The first-order chi connectivity index (χ1) is 14.5. The molecule has 0 bridgehead atoms. The lowest BCUT2D eigenvalue weighted by atomic mass is 9.60. The van der Waals surface area contributed by atoms with Gasteiger partial charge in [-0.3, -0.25) is 4.99 Å². The van der Waals surface area contributed by atoms with Gasteiger partial charge in [0.25, 0.3) is 0 Å². The van der Waals surface area contributed by atoms with E-state index >= 15 is 0 Å². The average Bonchev–Trinajstić information content (AvgIpc) is 3.09. The van der Waals surface area contributed by atoms with E-state index in [2.05, 4.69) is 17.4 Å². The maximum absolute atomic E-state index is 14.3. The van der Waals surface area contributed by atoms with Gasteiger partial charge >= 0.3 is 0 Å². The molecule has 152 valence electrons. The van der Waals surface area contributed by atoms with Crippen LogP contribution < -0.4 is 5.32 Å². The van der Waals surface area contributed by atoms with Crippen molar-refractivity contribution in [3.63, 3.8) is 0 Å². The molecule has 0 aromatic heterocycles.